The first-order chi connectivity index (χ1) is 8.70. The predicted molar refractivity (Wildman–Crippen MR) is 71.3 cm³/mol. The number of pyridine rings is 1. The average molecular weight is 307 g/mol. The van der Waals surface area contributed by atoms with Crippen LogP contribution in [0.15, 0.2) is 39.5 Å². The summed E-state index contributed by atoms with van der Waals surface area (Å²) in [5.41, 5.74) is 3.27. The predicted octanol–water partition coefficient (Wildman–Crippen LogP) is 3.16. The molecule has 4 nitrogen and oxygen atoms in total. The first-order valence-electron chi connectivity index (χ1n) is 5.52. The summed E-state index contributed by atoms with van der Waals surface area (Å²) in [5, 5.41) is 9.57. The molecule has 0 atom stereocenters. The van der Waals surface area contributed by atoms with E-state index in [0.29, 0.717) is 11.5 Å². The van der Waals surface area contributed by atoms with Crippen molar-refractivity contribution in [3.8, 4) is 11.5 Å². The lowest BCUT2D eigenvalue weighted by molar-refractivity contribution is 0.276. The van der Waals surface area contributed by atoms with Crippen molar-refractivity contribution in [1.29, 1.82) is 0 Å². The Morgan fingerprint density at radius 2 is 2.33 bits per heavy atom. The van der Waals surface area contributed by atoms with Crippen LogP contribution in [0.3, 0.4) is 0 Å². The highest BCUT2D eigenvalue weighted by molar-refractivity contribution is 9.10. The highest BCUT2D eigenvalue weighted by Crippen LogP contribution is 2.28. The summed E-state index contributed by atoms with van der Waals surface area (Å²) < 4.78 is 8.14. The highest BCUT2D eigenvalue weighted by Gasteiger charge is 2.17. The van der Waals surface area contributed by atoms with E-state index in [1.165, 1.54) is 0 Å². The van der Waals surface area contributed by atoms with E-state index in [4.69, 9.17) is 4.42 Å². The van der Waals surface area contributed by atoms with Crippen molar-refractivity contribution < 1.29 is 9.52 Å². The number of hydrogen-bond donors (Lipinski definition) is 1. The smallest absolute Gasteiger partial charge is 0.154 e. The summed E-state index contributed by atoms with van der Waals surface area (Å²) >= 11 is 3.49. The molecule has 0 spiro atoms. The van der Waals surface area contributed by atoms with Crippen molar-refractivity contribution >= 4 is 21.6 Å². The van der Waals surface area contributed by atoms with E-state index >= 15 is 0 Å². The van der Waals surface area contributed by atoms with E-state index in [9.17, 15) is 5.11 Å². The SMILES string of the molecule is Cc1cc(Br)c2nc(-c3ccco3)c(CO)n2c1. The molecule has 3 aromatic rings. The van der Waals surface area contributed by atoms with Crippen LogP contribution >= 0.6 is 15.9 Å². The lowest BCUT2D eigenvalue weighted by atomic mass is 10.2. The van der Waals surface area contributed by atoms with Crippen molar-refractivity contribution in [2.24, 2.45) is 0 Å². The van der Waals surface area contributed by atoms with Crippen LogP contribution in [0.5, 0.6) is 0 Å². The third-order valence-corrected chi connectivity index (χ3v) is 3.40. The van der Waals surface area contributed by atoms with E-state index in [-0.39, 0.29) is 6.61 Å². The van der Waals surface area contributed by atoms with Gasteiger partial charge in [-0.1, -0.05) is 0 Å². The molecule has 3 aromatic heterocycles. The maximum absolute atomic E-state index is 9.57. The fraction of sp³-hybridized carbons (Fsp3) is 0.154. The first-order valence-corrected chi connectivity index (χ1v) is 6.32. The third kappa shape index (κ3) is 1.67. The summed E-state index contributed by atoms with van der Waals surface area (Å²) in [6.45, 7) is 1.91. The number of hydrogen-bond acceptors (Lipinski definition) is 3. The van der Waals surface area contributed by atoms with Crippen molar-refractivity contribution in [2.45, 2.75) is 13.5 Å². The minimum atomic E-state index is -0.0902. The first kappa shape index (κ1) is 11.5. The molecule has 0 radical (unpaired) electrons. The van der Waals surface area contributed by atoms with Crippen LogP contribution < -0.4 is 0 Å². The van der Waals surface area contributed by atoms with Crippen LogP contribution in [0.2, 0.25) is 0 Å². The zero-order chi connectivity index (χ0) is 12.7. The van der Waals surface area contributed by atoms with Crippen LogP contribution in [-0.2, 0) is 6.61 Å². The van der Waals surface area contributed by atoms with Crippen molar-refractivity contribution in [2.75, 3.05) is 0 Å². The van der Waals surface area contributed by atoms with E-state index in [2.05, 4.69) is 20.9 Å². The molecule has 3 heterocycles. The van der Waals surface area contributed by atoms with Gasteiger partial charge >= 0.3 is 0 Å². The van der Waals surface area contributed by atoms with Gasteiger partial charge in [0.05, 0.1) is 23.0 Å². The van der Waals surface area contributed by atoms with Crippen LogP contribution in [-0.4, -0.2) is 14.5 Å². The van der Waals surface area contributed by atoms with Gasteiger partial charge in [-0.3, -0.25) is 4.40 Å². The number of aryl methyl sites for hydroxylation is 1. The Morgan fingerprint density at radius 3 is 3.00 bits per heavy atom. The molecule has 0 amide bonds. The van der Waals surface area contributed by atoms with Gasteiger partial charge in [-0.25, -0.2) is 4.98 Å². The average Bonchev–Trinajstić information content (AvgIpc) is 2.93. The van der Waals surface area contributed by atoms with Crippen LogP contribution in [0.4, 0.5) is 0 Å². The molecular weight excluding hydrogens is 296 g/mol. The van der Waals surface area contributed by atoms with E-state index in [1.807, 2.05) is 29.7 Å². The van der Waals surface area contributed by atoms with Crippen molar-refractivity contribution in [3.63, 3.8) is 0 Å². The fourth-order valence-corrected chi connectivity index (χ4v) is 2.68. The Bertz CT molecular complexity index is 701. The lowest BCUT2D eigenvalue weighted by Crippen LogP contribution is -1.95. The molecular formula is C13H11BrN2O2. The largest absolute Gasteiger partial charge is 0.463 e. The summed E-state index contributed by atoms with van der Waals surface area (Å²) in [7, 11) is 0. The third-order valence-electron chi connectivity index (χ3n) is 2.82. The maximum atomic E-state index is 9.57. The quantitative estimate of drug-likeness (QED) is 0.791. The maximum Gasteiger partial charge on any atom is 0.154 e. The van der Waals surface area contributed by atoms with Crippen molar-refractivity contribution in [1.82, 2.24) is 9.38 Å². The molecule has 0 saturated carbocycles. The Hall–Kier alpha value is -1.59. The Balaban J connectivity index is 2.37. The topological polar surface area (TPSA) is 50.7 Å². The van der Waals surface area contributed by atoms with Crippen LogP contribution in [0.25, 0.3) is 17.1 Å². The zero-order valence-electron chi connectivity index (χ0n) is 9.72. The Labute approximate surface area is 112 Å². The molecule has 5 heteroatoms. The second kappa shape index (κ2) is 4.26. The summed E-state index contributed by atoms with van der Waals surface area (Å²) in [6, 6.07) is 5.64. The minimum Gasteiger partial charge on any atom is -0.463 e. The van der Waals surface area contributed by atoms with Gasteiger partial charge in [-0.15, -0.1) is 0 Å². The number of aliphatic hydroxyl groups excluding tert-OH is 1. The number of imidazole rings is 1. The lowest BCUT2D eigenvalue weighted by Gasteiger charge is -2.02. The molecule has 0 saturated heterocycles. The molecule has 3 rings (SSSR count). The minimum absolute atomic E-state index is 0.0902. The monoisotopic (exact) mass is 306 g/mol. The Kier molecular flexibility index (Phi) is 2.72. The summed E-state index contributed by atoms with van der Waals surface area (Å²) in [4.78, 5) is 4.53. The molecule has 18 heavy (non-hydrogen) atoms. The number of rotatable bonds is 2. The summed E-state index contributed by atoms with van der Waals surface area (Å²) in [5.74, 6) is 0.660. The van der Waals surface area contributed by atoms with Gasteiger partial charge in [0.1, 0.15) is 5.69 Å². The van der Waals surface area contributed by atoms with Gasteiger partial charge in [0, 0.05) is 6.20 Å². The second-order valence-electron chi connectivity index (χ2n) is 4.10. The van der Waals surface area contributed by atoms with E-state index < -0.39 is 0 Å². The molecule has 0 aliphatic heterocycles. The molecule has 92 valence electrons. The molecule has 0 aliphatic rings. The van der Waals surface area contributed by atoms with Crippen LogP contribution in [0, 0.1) is 6.92 Å². The van der Waals surface area contributed by atoms with Gasteiger partial charge in [-0.2, -0.15) is 0 Å². The van der Waals surface area contributed by atoms with Gasteiger partial charge in [0.2, 0.25) is 0 Å². The molecule has 0 fully saturated rings. The number of nitrogens with zero attached hydrogens (tertiary/aromatic N) is 2. The normalized spacial score (nSPS) is 11.3. The molecule has 0 aliphatic carbocycles. The number of fused-ring (bicyclic) bond motifs is 1. The number of aliphatic hydroxyl groups is 1. The van der Waals surface area contributed by atoms with Gasteiger partial charge < -0.3 is 9.52 Å². The van der Waals surface area contributed by atoms with Gasteiger partial charge in [0.25, 0.3) is 0 Å². The number of furan rings is 1. The number of aromatic nitrogens is 2. The molecule has 0 aromatic carbocycles. The fourth-order valence-electron chi connectivity index (χ4n) is 2.04. The van der Waals surface area contributed by atoms with Crippen LogP contribution in [0.1, 0.15) is 11.3 Å². The van der Waals surface area contributed by atoms with Gasteiger partial charge in [-0.05, 0) is 46.6 Å². The van der Waals surface area contributed by atoms with E-state index in [1.54, 1.807) is 12.3 Å². The van der Waals surface area contributed by atoms with Crippen molar-refractivity contribution in [3.05, 3.63) is 46.4 Å². The van der Waals surface area contributed by atoms with Gasteiger partial charge in [0.15, 0.2) is 11.4 Å². The standard InChI is InChI=1S/C13H11BrN2O2/c1-8-5-9(14)13-15-12(11-3-2-4-18-11)10(7-17)16(13)6-8/h2-6,17H,7H2,1H3. The Morgan fingerprint density at radius 1 is 1.50 bits per heavy atom. The molecule has 0 unspecified atom stereocenters. The number of halogens is 1. The molecule has 1 N–H and O–H groups in total. The summed E-state index contributed by atoms with van der Waals surface area (Å²) in [6.07, 6.45) is 3.55. The zero-order valence-corrected chi connectivity index (χ0v) is 11.3. The molecule has 0 bridgehead atoms. The van der Waals surface area contributed by atoms with E-state index in [0.717, 1.165) is 21.4 Å². The highest BCUT2D eigenvalue weighted by atomic mass is 79.9. The second-order valence-corrected chi connectivity index (χ2v) is 4.96.